The van der Waals surface area contributed by atoms with Crippen LogP contribution in [-0.4, -0.2) is 29.8 Å². The van der Waals surface area contributed by atoms with Crippen molar-refractivity contribution in [1.82, 2.24) is 0 Å². The number of para-hydroxylation sites is 2. The van der Waals surface area contributed by atoms with Gasteiger partial charge in [0, 0.05) is 41.6 Å². The maximum atomic E-state index is 7.02. The van der Waals surface area contributed by atoms with Crippen LogP contribution in [0.15, 0.2) is 84.1 Å². The smallest absolute Gasteiger partial charge is 0.209 e. The predicted molar refractivity (Wildman–Crippen MR) is 146 cm³/mol. The number of hydrogen-bond acceptors (Lipinski definition) is 1. The van der Waals surface area contributed by atoms with Gasteiger partial charge in [-0.1, -0.05) is 68.0 Å². The molecule has 0 N–H and O–H groups in total. The van der Waals surface area contributed by atoms with Crippen LogP contribution in [0, 0.1) is 5.92 Å². The van der Waals surface area contributed by atoms with Gasteiger partial charge in [-0.05, 0) is 50.3 Å². The standard InChI is InChI=1S/C31H36ClN2/c1-30(2)23-11-7-9-13-25(23)33(5)27(30)19-17-21-15-16-22(29(21)32)18-20-28-31(3,4)24-12-8-10-14-26(24)34(28)6/h7-14,17-21,29H,15-16H2,1-6H3/q+1/b19-17+,22-18+,28-20-. The Morgan fingerprint density at radius 3 is 2.32 bits per heavy atom. The monoisotopic (exact) mass is 471 g/mol. The lowest BCUT2D eigenvalue weighted by Gasteiger charge is -2.24. The molecule has 0 radical (unpaired) electrons. The summed E-state index contributed by atoms with van der Waals surface area (Å²) in [5.41, 5.74) is 9.38. The van der Waals surface area contributed by atoms with Crippen LogP contribution in [-0.2, 0) is 10.8 Å². The van der Waals surface area contributed by atoms with Crippen molar-refractivity contribution < 1.29 is 4.58 Å². The van der Waals surface area contributed by atoms with Crippen molar-refractivity contribution in [2.75, 3.05) is 19.0 Å². The Bertz CT molecular complexity index is 1260. The molecule has 2 aliphatic heterocycles. The summed E-state index contributed by atoms with van der Waals surface area (Å²) in [7, 11) is 4.35. The molecule has 0 bridgehead atoms. The van der Waals surface area contributed by atoms with Crippen LogP contribution in [0.1, 0.15) is 51.7 Å². The molecule has 0 aromatic heterocycles. The zero-order chi connectivity index (χ0) is 24.3. The molecule has 0 amide bonds. The second-order valence-corrected chi connectivity index (χ2v) is 11.5. The third kappa shape index (κ3) is 3.50. The van der Waals surface area contributed by atoms with E-state index in [1.807, 2.05) is 0 Å². The first-order valence-electron chi connectivity index (χ1n) is 12.4. The topological polar surface area (TPSA) is 6.25 Å². The van der Waals surface area contributed by atoms with Gasteiger partial charge in [-0.3, -0.25) is 0 Å². The number of alkyl halides is 1. The molecule has 1 aliphatic carbocycles. The fraction of sp³-hybridized carbons (Fsp3) is 0.387. The molecule has 34 heavy (non-hydrogen) atoms. The first kappa shape index (κ1) is 23.2. The van der Waals surface area contributed by atoms with Gasteiger partial charge in [0.15, 0.2) is 5.71 Å². The van der Waals surface area contributed by atoms with Gasteiger partial charge in [-0.15, -0.1) is 11.6 Å². The molecule has 0 saturated heterocycles. The molecule has 176 valence electrons. The van der Waals surface area contributed by atoms with Gasteiger partial charge in [0.05, 0.1) is 10.8 Å². The van der Waals surface area contributed by atoms with Gasteiger partial charge >= 0.3 is 0 Å². The fourth-order valence-corrected chi connectivity index (χ4v) is 6.66. The summed E-state index contributed by atoms with van der Waals surface area (Å²) in [6.45, 7) is 9.26. The number of likely N-dealkylation sites (N-methyl/N-ethyl adjacent to an activating group) is 1. The second-order valence-electron chi connectivity index (χ2n) is 11.0. The molecule has 3 aliphatic rings. The number of hydrogen-bond donors (Lipinski definition) is 0. The van der Waals surface area contributed by atoms with Gasteiger partial charge in [-0.2, -0.15) is 4.58 Å². The maximum absolute atomic E-state index is 7.02. The van der Waals surface area contributed by atoms with Crippen molar-refractivity contribution in [3.8, 4) is 0 Å². The molecule has 2 aromatic rings. The van der Waals surface area contributed by atoms with Crippen LogP contribution in [0.5, 0.6) is 0 Å². The number of fused-ring (bicyclic) bond motifs is 2. The van der Waals surface area contributed by atoms with Crippen LogP contribution >= 0.6 is 11.6 Å². The second kappa shape index (κ2) is 8.27. The zero-order valence-corrected chi connectivity index (χ0v) is 22.0. The van der Waals surface area contributed by atoms with Crippen LogP contribution < -0.4 is 4.90 Å². The number of nitrogens with zero attached hydrogens (tertiary/aromatic N) is 2. The van der Waals surface area contributed by atoms with Crippen molar-refractivity contribution in [1.29, 1.82) is 0 Å². The minimum Gasteiger partial charge on any atom is -0.347 e. The SMILES string of the molecule is CN1/C(=C\C=C2/CCC(/C=C/C3=[N+](C)c4ccccc4C3(C)C)C2Cl)C(C)(C)c2ccccc21. The summed E-state index contributed by atoms with van der Waals surface area (Å²) in [6.07, 6.45) is 11.4. The van der Waals surface area contributed by atoms with Crippen molar-refractivity contribution in [3.63, 3.8) is 0 Å². The van der Waals surface area contributed by atoms with E-state index in [2.05, 4.69) is 124 Å². The van der Waals surface area contributed by atoms with E-state index in [0.29, 0.717) is 5.92 Å². The average Bonchev–Trinajstić information content (AvgIpc) is 3.33. The van der Waals surface area contributed by atoms with E-state index in [4.69, 9.17) is 11.6 Å². The van der Waals surface area contributed by atoms with Gasteiger partial charge in [-0.25, -0.2) is 0 Å². The lowest BCUT2D eigenvalue weighted by Crippen LogP contribution is -2.27. The van der Waals surface area contributed by atoms with E-state index in [9.17, 15) is 0 Å². The molecule has 0 spiro atoms. The molecular weight excluding hydrogens is 436 g/mol. The van der Waals surface area contributed by atoms with E-state index in [0.717, 1.165) is 12.8 Å². The van der Waals surface area contributed by atoms with Crippen LogP contribution in [0.3, 0.4) is 0 Å². The van der Waals surface area contributed by atoms with Gasteiger partial charge in [0.1, 0.15) is 7.05 Å². The number of halogens is 1. The van der Waals surface area contributed by atoms with E-state index in [-0.39, 0.29) is 16.2 Å². The highest BCUT2D eigenvalue weighted by molar-refractivity contribution is 6.23. The molecule has 3 heteroatoms. The van der Waals surface area contributed by atoms with Crippen LogP contribution in [0.2, 0.25) is 0 Å². The highest BCUT2D eigenvalue weighted by Gasteiger charge is 2.43. The normalized spacial score (nSPS) is 27.3. The third-order valence-electron chi connectivity index (χ3n) is 8.33. The Morgan fingerprint density at radius 2 is 1.62 bits per heavy atom. The highest BCUT2D eigenvalue weighted by Crippen LogP contribution is 2.47. The Balaban J connectivity index is 1.36. The summed E-state index contributed by atoms with van der Waals surface area (Å²) in [5, 5.41) is 0.0445. The lowest BCUT2D eigenvalue weighted by molar-refractivity contribution is -0.401. The van der Waals surface area contributed by atoms with Crippen LogP contribution in [0.25, 0.3) is 0 Å². The molecule has 1 saturated carbocycles. The first-order valence-corrected chi connectivity index (χ1v) is 12.8. The number of anilines is 1. The average molecular weight is 472 g/mol. The molecular formula is C31H36ClN2+. The minimum absolute atomic E-state index is 0.00100. The number of allylic oxidation sites excluding steroid dienone is 6. The third-order valence-corrected chi connectivity index (χ3v) is 8.94. The largest absolute Gasteiger partial charge is 0.347 e. The lowest BCUT2D eigenvalue weighted by atomic mass is 9.81. The minimum atomic E-state index is -0.00753. The summed E-state index contributed by atoms with van der Waals surface area (Å²) < 4.78 is 2.33. The quantitative estimate of drug-likeness (QED) is 0.331. The Morgan fingerprint density at radius 1 is 0.941 bits per heavy atom. The highest BCUT2D eigenvalue weighted by atomic mass is 35.5. The Kier molecular flexibility index (Phi) is 5.64. The Hall–Kier alpha value is -2.58. The summed E-state index contributed by atoms with van der Waals surface area (Å²) >= 11 is 7.02. The van der Waals surface area contributed by atoms with E-state index in [1.165, 1.54) is 39.5 Å². The predicted octanol–water partition coefficient (Wildman–Crippen LogP) is 7.50. The van der Waals surface area contributed by atoms with Crippen LogP contribution in [0.4, 0.5) is 11.4 Å². The van der Waals surface area contributed by atoms with Gasteiger partial charge in [0.25, 0.3) is 0 Å². The summed E-state index contributed by atoms with van der Waals surface area (Å²) in [6, 6.07) is 17.4. The van der Waals surface area contributed by atoms with Crippen molar-refractivity contribution in [2.45, 2.75) is 56.7 Å². The Labute approximate surface area is 210 Å². The van der Waals surface area contributed by atoms with E-state index < -0.39 is 0 Å². The summed E-state index contributed by atoms with van der Waals surface area (Å²) in [4.78, 5) is 2.33. The van der Waals surface area contributed by atoms with Crippen molar-refractivity contribution >= 4 is 28.7 Å². The van der Waals surface area contributed by atoms with Gasteiger partial charge in [0.2, 0.25) is 5.69 Å². The first-order chi connectivity index (χ1) is 16.1. The van der Waals surface area contributed by atoms with Crippen molar-refractivity contribution in [3.05, 3.63) is 95.2 Å². The van der Waals surface area contributed by atoms with E-state index in [1.54, 1.807) is 0 Å². The molecule has 2 heterocycles. The molecule has 5 rings (SSSR count). The number of benzene rings is 2. The molecule has 2 aromatic carbocycles. The molecule has 2 nitrogen and oxygen atoms in total. The van der Waals surface area contributed by atoms with E-state index >= 15 is 0 Å². The summed E-state index contributed by atoms with van der Waals surface area (Å²) in [5.74, 6) is 0.359. The zero-order valence-electron chi connectivity index (χ0n) is 21.3. The fourth-order valence-electron chi connectivity index (χ4n) is 6.27. The molecule has 2 unspecified atom stereocenters. The number of rotatable bonds is 3. The molecule has 2 atom stereocenters. The molecule has 1 fully saturated rings. The maximum Gasteiger partial charge on any atom is 0.209 e. The van der Waals surface area contributed by atoms with Gasteiger partial charge < -0.3 is 4.90 Å². The van der Waals surface area contributed by atoms with Crippen molar-refractivity contribution in [2.24, 2.45) is 5.92 Å².